The fourth-order valence-electron chi connectivity index (χ4n) is 1.36. The molecule has 2 unspecified atom stereocenters. The second-order valence-corrected chi connectivity index (χ2v) is 5.09. The third-order valence-electron chi connectivity index (χ3n) is 2.71. The van der Waals surface area contributed by atoms with E-state index in [0.717, 1.165) is 0 Å². The molecule has 1 aromatic rings. The molecule has 0 aliphatic heterocycles. The van der Waals surface area contributed by atoms with Crippen LogP contribution in [0.1, 0.15) is 25.1 Å². The van der Waals surface area contributed by atoms with Gasteiger partial charge < -0.3 is 10.4 Å². The zero-order chi connectivity index (χ0) is 12.8. The van der Waals surface area contributed by atoms with Crippen LogP contribution in [0.15, 0.2) is 17.5 Å². The number of thiophene rings is 1. The molecule has 0 saturated carbocycles. The standard InChI is InChI=1S/C12H17NO3S/c1-8(12(15)16)9(2)13-11(14)6-5-10-4-3-7-17-10/h3-4,7-9H,5-6H2,1-2H3,(H,13,14)(H,15,16). The number of carboxylic acids is 1. The van der Waals surface area contributed by atoms with Crippen LogP contribution in [0.5, 0.6) is 0 Å². The summed E-state index contributed by atoms with van der Waals surface area (Å²) in [5.74, 6) is -1.56. The van der Waals surface area contributed by atoms with E-state index in [-0.39, 0.29) is 11.9 Å². The Balaban J connectivity index is 2.32. The van der Waals surface area contributed by atoms with Gasteiger partial charge >= 0.3 is 5.97 Å². The first-order valence-electron chi connectivity index (χ1n) is 5.55. The molecule has 1 aromatic heterocycles. The van der Waals surface area contributed by atoms with Crippen LogP contribution in [0.2, 0.25) is 0 Å². The molecule has 0 spiro atoms. The van der Waals surface area contributed by atoms with Gasteiger partial charge in [-0.05, 0) is 31.7 Å². The summed E-state index contributed by atoms with van der Waals surface area (Å²) in [4.78, 5) is 23.5. The smallest absolute Gasteiger partial charge is 0.308 e. The molecule has 1 rings (SSSR count). The molecule has 1 amide bonds. The van der Waals surface area contributed by atoms with Crippen molar-refractivity contribution in [2.45, 2.75) is 32.7 Å². The molecule has 0 saturated heterocycles. The number of rotatable bonds is 6. The number of carbonyl (C=O) groups excluding carboxylic acids is 1. The van der Waals surface area contributed by atoms with Crippen LogP contribution >= 0.6 is 11.3 Å². The lowest BCUT2D eigenvalue weighted by Gasteiger charge is -2.17. The molecule has 0 bridgehead atoms. The van der Waals surface area contributed by atoms with Gasteiger partial charge in [-0.2, -0.15) is 0 Å². The first-order chi connectivity index (χ1) is 8.00. The highest BCUT2D eigenvalue weighted by atomic mass is 32.1. The predicted molar refractivity (Wildman–Crippen MR) is 67.0 cm³/mol. The molecule has 0 fully saturated rings. The second-order valence-electron chi connectivity index (χ2n) is 4.06. The fourth-order valence-corrected chi connectivity index (χ4v) is 2.07. The summed E-state index contributed by atoms with van der Waals surface area (Å²) in [6.07, 6.45) is 1.11. The predicted octanol–water partition coefficient (Wildman–Crippen LogP) is 1.91. The summed E-state index contributed by atoms with van der Waals surface area (Å²) >= 11 is 1.62. The highest BCUT2D eigenvalue weighted by Gasteiger charge is 2.20. The Kier molecular flexibility index (Phi) is 5.15. The Bertz CT molecular complexity index is 375. The summed E-state index contributed by atoms with van der Waals surface area (Å²) in [6.45, 7) is 3.30. The van der Waals surface area contributed by atoms with Gasteiger partial charge in [-0.15, -0.1) is 11.3 Å². The maximum atomic E-state index is 11.6. The van der Waals surface area contributed by atoms with E-state index in [2.05, 4.69) is 5.32 Å². The number of hydrogen-bond acceptors (Lipinski definition) is 3. The van der Waals surface area contributed by atoms with E-state index in [1.54, 1.807) is 25.2 Å². The van der Waals surface area contributed by atoms with Gasteiger partial charge in [0.25, 0.3) is 0 Å². The zero-order valence-electron chi connectivity index (χ0n) is 9.97. The fraction of sp³-hybridized carbons (Fsp3) is 0.500. The normalized spacial score (nSPS) is 14.0. The number of hydrogen-bond donors (Lipinski definition) is 2. The summed E-state index contributed by atoms with van der Waals surface area (Å²) in [5, 5.41) is 13.5. The largest absolute Gasteiger partial charge is 0.481 e. The molecule has 5 heteroatoms. The van der Waals surface area contributed by atoms with E-state index < -0.39 is 11.9 Å². The second kappa shape index (κ2) is 6.39. The van der Waals surface area contributed by atoms with E-state index in [1.165, 1.54) is 4.88 Å². The highest BCUT2D eigenvalue weighted by molar-refractivity contribution is 7.09. The van der Waals surface area contributed by atoms with Crippen molar-refractivity contribution < 1.29 is 14.7 Å². The minimum absolute atomic E-state index is 0.0981. The quantitative estimate of drug-likeness (QED) is 0.816. The van der Waals surface area contributed by atoms with Crippen molar-refractivity contribution in [2.75, 3.05) is 0 Å². The lowest BCUT2D eigenvalue weighted by Crippen LogP contribution is -2.40. The van der Waals surface area contributed by atoms with Crippen LogP contribution in [0.3, 0.4) is 0 Å². The number of aryl methyl sites for hydroxylation is 1. The average Bonchev–Trinajstić information content (AvgIpc) is 2.77. The lowest BCUT2D eigenvalue weighted by atomic mass is 10.0. The molecule has 0 aromatic carbocycles. The van der Waals surface area contributed by atoms with Crippen molar-refractivity contribution in [1.82, 2.24) is 5.32 Å². The van der Waals surface area contributed by atoms with Gasteiger partial charge in [-0.1, -0.05) is 6.07 Å². The molecule has 1 heterocycles. The third kappa shape index (κ3) is 4.56. The first-order valence-corrected chi connectivity index (χ1v) is 6.43. The average molecular weight is 255 g/mol. The van der Waals surface area contributed by atoms with E-state index >= 15 is 0 Å². The monoisotopic (exact) mass is 255 g/mol. The molecule has 94 valence electrons. The maximum Gasteiger partial charge on any atom is 0.308 e. The molecule has 17 heavy (non-hydrogen) atoms. The molecule has 0 radical (unpaired) electrons. The van der Waals surface area contributed by atoms with E-state index in [0.29, 0.717) is 12.8 Å². The van der Waals surface area contributed by atoms with Gasteiger partial charge in [0, 0.05) is 17.3 Å². The highest BCUT2D eigenvalue weighted by Crippen LogP contribution is 2.11. The van der Waals surface area contributed by atoms with Crippen molar-refractivity contribution in [1.29, 1.82) is 0 Å². The lowest BCUT2D eigenvalue weighted by molar-refractivity contribution is -0.142. The zero-order valence-corrected chi connectivity index (χ0v) is 10.8. The van der Waals surface area contributed by atoms with Crippen LogP contribution in [0, 0.1) is 5.92 Å². The molecule has 4 nitrogen and oxygen atoms in total. The molecular weight excluding hydrogens is 238 g/mol. The Morgan fingerprint density at radius 2 is 2.18 bits per heavy atom. The van der Waals surface area contributed by atoms with Gasteiger partial charge in [-0.3, -0.25) is 9.59 Å². The number of nitrogens with one attached hydrogen (secondary N) is 1. The van der Waals surface area contributed by atoms with Crippen LogP contribution < -0.4 is 5.32 Å². The van der Waals surface area contributed by atoms with E-state index in [4.69, 9.17) is 5.11 Å². The van der Waals surface area contributed by atoms with E-state index in [9.17, 15) is 9.59 Å². The summed E-state index contributed by atoms with van der Waals surface area (Å²) < 4.78 is 0. The number of amides is 1. The van der Waals surface area contributed by atoms with Gasteiger partial charge in [0.1, 0.15) is 0 Å². The Labute approximate surface area is 105 Å². The summed E-state index contributed by atoms with van der Waals surface area (Å²) in [7, 11) is 0. The van der Waals surface area contributed by atoms with Crippen molar-refractivity contribution in [3.63, 3.8) is 0 Å². The van der Waals surface area contributed by atoms with Crippen LogP contribution in [0.4, 0.5) is 0 Å². The summed E-state index contributed by atoms with van der Waals surface area (Å²) in [6, 6.07) is 3.59. The summed E-state index contributed by atoms with van der Waals surface area (Å²) in [5.41, 5.74) is 0. The minimum Gasteiger partial charge on any atom is -0.481 e. The van der Waals surface area contributed by atoms with Crippen LogP contribution in [-0.4, -0.2) is 23.0 Å². The van der Waals surface area contributed by atoms with Gasteiger partial charge in [-0.25, -0.2) is 0 Å². The third-order valence-corrected chi connectivity index (χ3v) is 3.64. The number of carboxylic acid groups (broad SMARTS) is 1. The molecule has 0 aliphatic rings. The van der Waals surface area contributed by atoms with Gasteiger partial charge in [0.2, 0.25) is 5.91 Å². The van der Waals surface area contributed by atoms with Crippen LogP contribution in [-0.2, 0) is 16.0 Å². The van der Waals surface area contributed by atoms with Crippen LogP contribution in [0.25, 0.3) is 0 Å². The van der Waals surface area contributed by atoms with Crippen molar-refractivity contribution in [3.8, 4) is 0 Å². The molecule has 2 N–H and O–H groups in total. The van der Waals surface area contributed by atoms with Gasteiger partial charge in [0.15, 0.2) is 0 Å². The Morgan fingerprint density at radius 3 is 2.71 bits per heavy atom. The Morgan fingerprint density at radius 1 is 1.47 bits per heavy atom. The van der Waals surface area contributed by atoms with E-state index in [1.807, 2.05) is 17.5 Å². The van der Waals surface area contributed by atoms with Gasteiger partial charge in [0.05, 0.1) is 5.92 Å². The molecule has 0 aliphatic carbocycles. The Hall–Kier alpha value is -1.36. The van der Waals surface area contributed by atoms with Crippen molar-refractivity contribution in [3.05, 3.63) is 22.4 Å². The molecule has 2 atom stereocenters. The first kappa shape index (κ1) is 13.7. The number of aliphatic carboxylic acids is 1. The topological polar surface area (TPSA) is 66.4 Å². The SMILES string of the molecule is CC(NC(=O)CCc1cccs1)C(C)C(=O)O. The number of carbonyl (C=O) groups is 2. The minimum atomic E-state index is -0.893. The van der Waals surface area contributed by atoms with Crippen molar-refractivity contribution >= 4 is 23.2 Å². The van der Waals surface area contributed by atoms with Crippen molar-refractivity contribution in [2.24, 2.45) is 5.92 Å². The molecular formula is C12H17NO3S. The maximum absolute atomic E-state index is 11.6.